The maximum absolute atomic E-state index is 9.66. The van der Waals surface area contributed by atoms with Crippen LogP contribution >= 0.6 is 11.6 Å². The molecule has 1 atom stereocenters. The van der Waals surface area contributed by atoms with E-state index in [9.17, 15) is 5.11 Å². The van der Waals surface area contributed by atoms with Gasteiger partial charge in [0.15, 0.2) is 11.6 Å². The summed E-state index contributed by atoms with van der Waals surface area (Å²) >= 11 is 6.11. The van der Waals surface area contributed by atoms with E-state index in [1.807, 2.05) is 38.1 Å². The molecule has 146 valence electrons. The number of nitrogens with one attached hydrogen (secondary N) is 3. The number of fused-ring (bicyclic) bond motifs is 1. The zero-order valence-corrected chi connectivity index (χ0v) is 16.9. The van der Waals surface area contributed by atoms with E-state index in [-0.39, 0.29) is 18.6 Å². The largest absolute Gasteiger partial charge is 0.394 e. The van der Waals surface area contributed by atoms with Gasteiger partial charge in [-0.1, -0.05) is 31.5 Å². The summed E-state index contributed by atoms with van der Waals surface area (Å²) in [6.45, 7) is 9.04. The van der Waals surface area contributed by atoms with Gasteiger partial charge < -0.3 is 26.0 Å². The Morgan fingerprint density at radius 1 is 1.26 bits per heavy atom. The summed E-state index contributed by atoms with van der Waals surface area (Å²) in [7, 11) is 0. The van der Waals surface area contributed by atoms with Crippen molar-refractivity contribution in [3.05, 3.63) is 29.3 Å². The molecule has 8 heteroatoms. The minimum atomic E-state index is -0.121. The van der Waals surface area contributed by atoms with Crippen LogP contribution in [0.15, 0.2) is 24.3 Å². The topological polar surface area (TPSA) is 85.3 Å². The lowest BCUT2D eigenvalue weighted by Crippen LogP contribution is -2.32. The maximum atomic E-state index is 9.66. The number of hydrogen-bond acceptors (Lipinski definition) is 7. The van der Waals surface area contributed by atoms with Crippen molar-refractivity contribution in [3.8, 4) is 0 Å². The van der Waals surface area contributed by atoms with Gasteiger partial charge in [-0.2, -0.15) is 9.97 Å². The Hall–Kier alpha value is -2.25. The molecule has 3 rings (SSSR count). The number of anilines is 5. The van der Waals surface area contributed by atoms with Crippen LogP contribution in [0, 0.1) is 5.92 Å². The van der Waals surface area contributed by atoms with Gasteiger partial charge >= 0.3 is 0 Å². The van der Waals surface area contributed by atoms with Crippen LogP contribution in [0.25, 0.3) is 0 Å². The van der Waals surface area contributed by atoms with E-state index in [4.69, 9.17) is 16.6 Å². The summed E-state index contributed by atoms with van der Waals surface area (Å²) in [5.74, 6) is 2.25. The van der Waals surface area contributed by atoms with Gasteiger partial charge in [0.05, 0.1) is 19.3 Å². The fourth-order valence-corrected chi connectivity index (χ4v) is 3.12. The summed E-state index contributed by atoms with van der Waals surface area (Å²) in [6, 6.07) is 7.68. The molecule has 0 spiro atoms. The number of aliphatic hydroxyl groups excluding tert-OH is 1. The molecule has 4 N–H and O–H groups in total. The van der Waals surface area contributed by atoms with Crippen LogP contribution in [0.3, 0.4) is 0 Å². The lowest BCUT2D eigenvalue weighted by molar-refractivity contribution is 0.248. The molecule has 7 nitrogen and oxygen atoms in total. The summed E-state index contributed by atoms with van der Waals surface area (Å²) in [6.07, 6.45) is 0. The van der Waals surface area contributed by atoms with Crippen LogP contribution in [0.2, 0.25) is 5.02 Å². The normalized spacial score (nSPS) is 14.3. The average molecular weight is 391 g/mol. The predicted octanol–water partition coefficient (Wildman–Crippen LogP) is 3.90. The highest BCUT2D eigenvalue weighted by molar-refractivity contribution is 6.30. The Morgan fingerprint density at radius 2 is 2.04 bits per heavy atom. The molecule has 0 saturated carbocycles. The molecule has 2 heterocycles. The van der Waals surface area contributed by atoms with Crippen LogP contribution in [0.5, 0.6) is 0 Å². The molecule has 0 amide bonds. The molecule has 1 aliphatic heterocycles. The van der Waals surface area contributed by atoms with E-state index in [0.29, 0.717) is 29.5 Å². The number of aromatic nitrogens is 2. The summed E-state index contributed by atoms with van der Waals surface area (Å²) in [5.41, 5.74) is 1.71. The number of halogens is 1. The van der Waals surface area contributed by atoms with Crippen molar-refractivity contribution >= 4 is 40.6 Å². The number of aliphatic hydroxyl groups is 1. The van der Waals surface area contributed by atoms with Gasteiger partial charge in [-0.3, -0.25) is 0 Å². The molecule has 0 radical (unpaired) electrons. The predicted molar refractivity (Wildman–Crippen MR) is 112 cm³/mol. The van der Waals surface area contributed by atoms with Crippen molar-refractivity contribution in [1.82, 2.24) is 9.97 Å². The highest BCUT2D eigenvalue weighted by Crippen LogP contribution is 2.38. The van der Waals surface area contributed by atoms with Crippen LogP contribution in [-0.2, 0) is 0 Å². The lowest BCUT2D eigenvalue weighted by atomic mass is 10.1. The van der Waals surface area contributed by atoms with Gasteiger partial charge in [0.2, 0.25) is 5.95 Å². The maximum Gasteiger partial charge on any atom is 0.227 e. The smallest absolute Gasteiger partial charge is 0.227 e. The van der Waals surface area contributed by atoms with E-state index >= 15 is 0 Å². The van der Waals surface area contributed by atoms with Crippen molar-refractivity contribution in [2.45, 2.75) is 39.8 Å². The third-order valence-electron chi connectivity index (χ3n) is 4.61. The molecule has 0 fully saturated rings. The Kier molecular flexibility index (Phi) is 5.92. The summed E-state index contributed by atoms with van der Waals surface area (Å²) in [4.78, 5) is 11.5. The molecule has 27 heavy (non-hydrogen) atoms. The third kappa shape index (κ3) is 4.36. The summed E-state index contributed by atoms with van der Waals surface area (Å²) < 4.78 is 0. The molecule has 0 unspecified atom stereocenters. The molecule has 1 aromatic heterocycles. The van der Waals surface area contributed by atoms with E-state index in [1.54, 1.807) is 0 Å². The van der Waals surface area contributed by atoms with Crippen molar-refractivity contribution in [1.29, 1.82) is 0 Å². The first-order valence-corrected chi connectivity index (χ1v) is 9.59. The van der Waals surface area contributed by atoms with Crippen molar-refractivity contribution in [2.75, 3.05) is 34.1 Å². The highest BCUT2D eigenvalue weighted by Gasteiger charge is 2.28. The molecular formula is C19H27ClN6O. The fraction of sp³-hybridized carbons (Fsp3) is 0.474. The molecule has 0 bridgehead atoms. The van der Waals surface area contributed by atoms with Crippen LogP contribution < -0.4 is 20.9 Å². The zero-order chi connectivity index (χ0) is 19.6. The van der Waals surface area contributed by atoms with E-state index < -0.39 is 0 Å². The fourth-order valence-electron chi connectivity index (χ4n) is 2.93. The van der Waals surface area contributed by atoms with Gasteiger partial charge in [0, 0.05) is 16.8 Å². The van der Waals surface area contributed by atoms with Crippen LogP contribution in [0.4, 0.5) is 29.0 Å². The molecule has 2 aromatic rings. The quantitative estimate of drug-likeness (QED) is 0.570. The van der Waals surface area contributed by atoms with E-state index in [0.717, 1.165) is 17.2 Å². The second-order valence-corrected chi connectivity index (χ2v) is 7.74. The Bertz CT molecular complexity index is 798. The van der Waals surface area contributed by atoms with Gasteiger partial charge in [0.1, 0.15) is 5.69 Å². The Morgan fingerprint density at radius 3 is 2.67 bits per heavy atom. The second-order valence-electron chi connectivity index (χ2n) is 7.31. The Labute approximate surface area is 165 Å². The zero-order valence-electron chi connectivity index (χ0n) is 16.1. The number of hydrogen-bond donors (Lipinski definition) is 4. The Balaban J connectivity index is 1.99. The molecule has 0 saturated heterocycles. The first-order chi connectivity index (χ1) is 12.9. The lowest BCUT2D eigenvalue weighted by Gasteiger charge is -2.24. The number of nitrogens with zero attached hydrogens (tertiary/aromatic N) is 3. The SMILES string of the molecule is CC(C)[C@@H](CO)Nc1nc(Nc2cccc(Cl)c2)c2c(n1)N(C(C)C)CN2. The minimum absolute atomic E-state index is 0.0152. The molecule has 1 aliphatic rings. The van der Waals surface area contributed by atoms with Crippen LogP contribution in [-0.4, -0.2) is 40.4 Å². The first kappa shape index (κ1) is 19.5. The van der Waals surface area contributed by atoms with Gasteiger partial charge in [0.25, 0.3) is 0 Å². The van der Waals surface area contributed by atoms with Gasteiger partial charge in [-0.25, -0.2) is 0 Å². The van der Waals surface area contributed by atoms with Crippen molar-refractivity contribution < 1.29 is 5.11 Å². The highest BCUT2D eigenvalue weighted by atomic mass is 35.5. The van der Waals surface area contributed by atoms with Crippen molar-refractivity contribution in [2.24, 2.45) is 5.92 Å². The van der Waals surface area contributed by atoms with Crippen molar-refractivity contribution in [3.63, 3.8) is 0 Å². The van der Waals surface area contributed by atoms with Gasteiger partial charge in [-0.05, 0) is 38.0 Å². The molecule has 1 aromatic carbocycles. The average Bonchev–Trinajstić information content (AvgIpc) is 3.04. The van der Waals surface area contributed by atoms with E-state index in [2.05, 4.69) is 39.7 Å². The molecular weight excluding hydrogens is 364 g/mol. The number of benzene rings is 1. The van der Waals surface area contributed by atoms with E-state index in [1.165, 1.54) is 0 Å². The molecule has 0 aliphatic carbocycles. The summed E-state index contributed by atoms with van der Waals surface area (Å²) in [5, 5.41) is 20.3. The van der Waals surface area contributed by atoms with Gasteiger partial charge in [-0.15, -0.1) is 0 Å². The monoisotopic (exact) mass is 390 g/mol. The first-order valence-electron chi connectivity index (χ1n) is 9.21. The second kappa shape index (κ2) is 8.19. The minimum Gasteiger partial charge on any atom is -0.394 e. The third-order valence-corrected chi connectivity index (χ3v) is 4.85. The standard InChI is InChI=1S/C19H27ClN6O/c1-11(2)15(9-27)23-19-24-17(22-14-7-5-6-13(20)8-14)16-18(25-19)26(10-21-16)12(3)4/h5-8,11-12,15,21,27H,9-10H2,1-4H3,(H2,22,23,24,25)/t15-/m1/s1. The van der Waals surface area contributed by atoms with Crippen LogP contribution in [0.1, 0.15) is 27.7 Å². The number of rotatable bonds is 7.